The number of hydrogen-bond donors (Lipinski definition) is 0. The van der Waals surface area contributed by atoms with E-state index in [4.69, 9.17) is 9.47 Å². The molecule has 0 N–H and O–H groups in total. The molecule has 8 rings (SSSR count). The van der Waals surface area contributed by atoms with Crippen LogP contribution in [0, 0.1) is 0 Å². The maximum atomic E-state index is 6.94. The monoisotopic (exact) mass is 706 g/mol. The first-order valence-corrected chi connectivity index (χ1v) is 20.0. The van der Waals surface area contributed by atoms with Gasteiger partial charge in [-0.1, -0.05) is 182 Å². The summed E-state index contributed by atoms with van der Waals surface area (Å²) in [5.74, 6) is 3.12. The first kappa shape index (κ1) is 33.4. The van der Waals surface area contributed by atoms with Crippen LogP contribution in [0.3, 0.4) is 0 Å². The molecule has 52 heavy (non-hydrogen) atoms. The van der Waals surface area contributed by atoms with Crippen LogP contribution in [-0.4, -0.2) is 0 Å². The quantitative estimate of drug-likeness (QED) is 0.125. The molecule has 0 atom stereocenters. The van der Waals surface area contributed by atoms with Gasteiger partial charge in [0.15, 0.2) is 0 Å². The number of rotatable bonds is 11. The number of benzene rings is 8. The van der Waals surface area contributed by atoms with Crippen molar-refractivity contribution in [2.24, 2.45) is 0 Å². The molecule has 0 radical (unpaired) electrons. The summed E-state index contributed by atoms with van der Waals surface area (Å²) in [5.41, 5.74) is 2.07. The molecule has 0 amide bonds. The second-order valence-electron chi connectivity index (χ2n) is 12.1. The zero-order valence-electron chi connectivity index (χ0n) is 28.5. The Kier molecular flexibility index (Phi) is 10.3. The Morgan fingerprint density at radius 3 is 0.808 bits per heavy atom. The lowest BCUT2D eigenvalue weighted by atomic mass is 10.0. The molecule has 0 saturated carbocycles. The molecular weight excluding hydrogens is 670 g/mol. The standard InChI is InChI=1S/C48H36O2P2/c1-7-21-37(22-8-1)49-43-33-19-35-45(51(39-25-11-3-12-26-39)40-27-13-4-14-28-40)47(43)48-44(50-38-23-9-2-10-24-38)34-20-36-46(48)52(41-29-15-5-16-30-41)42-31-17-6-18-32-42/h1-36H. The van der Waals surface area contributed by atoms with E-state index in [1.54, 1.807) is 0 Å². The van der Waals surface area contributed by atoms with Gasteiger partial charge in [0.05, 0.1) is 0 Å². The van der Waals surface area contributed by atoms with Gasteiger partial charge in [0.2, 0.25) is 0 Å². The summed E-state index contributed by atoms with van der Waals surface area (Å²) in [7, 11) is -2.04. The van der Waals surface area contributed by atoms with Gasteiger partial charge < -0.3 is 9.47 Å². The fourth-order valence-electron chi connectivity index (χ4n) is 6.48. The predicted octanol–water partition coefficient (Wildman–Crippen LogP) is 10.5. The highest BCUT2D eigenvalue weighted by Gasteiger charge is 2.30. The Morgan fingerprint density at radius 1 is 0.250 bits per heavy atom. The van der Waals surface area contributed by atoms with Gasteiger partial charge in [-0.05, 0) is 84.1 Å². The van der Waals surface area contributed by atoms with Crippen molar-refractivity contribution in [1.29, 1.82) is 0 Å². The van der Waals surface area contributed by atoms with Crippen LogP contribution in [0.5, 0.6) is 23.0 Å². The molecule has 8 aromatic carbocycles. The molecule has 0 aliphatic rings. The SMILES string of the molecule is c1ccc(Oc2cccc(P(c3ccccc3)c3ccccc3)c2-c2c(Oc3ccccc3)cccc2P(c2ccccc2)c2ccccc2)cc1. The summed E-state index contributed by atoms with van der Waals surface area (Å²) in [5, 5.41) is 7.44. The van der Waals surface area contributed by atoms with Crippen LogP contribution in [0.2, 0.25) is 0 Å². The molecule has 0 aromatic heterocycles. The van der Waals surface area contributed by atoms with E-state index in [0.29, 0.717) is 0 Å². The second kappa shape index (κ2) is 16.1. The Bertz CT molecular complexity index is 2090. The Labute approximate surface area is 308 Å². The van der Waals surface area contributed by atoms with E-state index < -0.39 is 15.8 Å². The van der Waals surface area contributed by atoms with Gasteiger partial charge in [0, 0.05) is 11.1 Å². The lowest BCUT2D eigenvalue weighted by Crippen LogP contribution is -2.26. The van der Waals surface area contributed by atoms with Gasteiger partial charge in [-0.25, -0.2) is 0 Å². The van der Waals surface area contributed by atoms with Crippen molar-refractivity contribution < 1.29 is 9.47 Å². The van der Waals surface area contributed by atoms with Crippen molar-refractivity contribution in [3.05, 3.63) is 218 Å². The molecule has 4 heteroatoms. The molecule has 0 heterocycles. The van der Waals surface area contributed by atoms with E-state index in [9.17, 15) is 0 Å². The summed E-state index contributed by atoms with van der Waals surface area (Å²) in [6, 6.07) is 76.7. The van der Waals surface area contributed by atoms with Gasteiger partial charge in [-0.2, -0.15) is 0 Å². The van der Waals surface area contributed by atoms with Crippen molar-refractivity contribution >= 4 is 47.7 Å². The van der Waals surface area contributed by atoms with Gasteiger partial charge in [0.1, 0.15) is 23.0 Å². The Hall–Kier alpha value is -5.78. The zero-order chi connectivity index (χ0) is 35.0. The van der Waals surface area contributed by atoms with Crippen molar-refractivity contribution in [1.82, 2.24) is 0 Å². The molecule has 0 aliphatic heterocycles. The van der Waals surface area contributed by atoms with Crippen molar-refractivity contribution in [2.45, 2.75) is 0 Å². The normalized spacial score (nSPS) is 11.0. The van der Waals surface area contributed by atoms with Gasteiger partial charge in [0.25, 0.3) is 0 Å². The van der Waals surface area contributed by atoms with Crippen LogP contribution in [0.15, 0.2) is 218 Å². The van der Waals surface area contributed by atoms with Crippen molar-refractivity contribution in [3.8, 4) is 34.1 Å². The maximum absolute atomic E-state index is 6.94. The van der Waals surface area contributed by atoms with Gasteiger partial charge >= 0.3 is 0 Å². The van der Waals surface area contributed by atoms with E-state index in [1.165, 1.54) is 31.8 Å². The highest BCUT2D eigenvalue weighted by atomic mass is 31.1. The Balaban J connectivity index is 1.48. The lowest BCUT2D eigenvalue weighted by molar-refractivity contribution is 0.478. The fourth-order valence-corrected chi connectivity index (χ4v) is 11.4. The Morgan fingerprint density at radius 2 is 0.519 bits per heavy atom. The number of ether oxygens (including phenoxy) is 2. The minimum atomic E-state index is -1.02. The summed E-state index contributed by atoms with van der Waals surface area (Å²) in [4.78, 5) is 0. The minimum Gasteiger partial charge on any atom is -0.457 e. The maximum Gasteiger partial charge on any atom is 0.136 e. The first-order valence-electron chi connectivity index (χ1n) is 17.4. The summed E-state index contributed by atoms with van der Waals surface area (Å²) < 4.78 is 13.9. The van der Waals surface area contributed by atoms with E-state index >= 15 is 0 Å². The molecule has 0 fully saturated rings. The van der Waals surface area contributed by atoms with Crippen LogP contribution < -0.4 is 41.3 Å². The minimum absolute atomic E-state index is 0.779. The van der Waals surface area contributed by atoms with Crippen molar-refractivity contribution in [2.75, 3.05) is 0 Å². The van der Waals surface area contributed by atoms with Crippen LogP contribution in [-0.2, 0) is 0 Å². The molecule has 250 valence electrons. The predicted molar refractivity (Wildman–Crippen MR) is 222 cm³/mol. The average Bonchev–Trinajstić information content (AvgIpc) is 3.21. The third kappa shape index (κ3) is 7.32. The van der Waals surface area contributed by atoms with E-state index in [0.717, 1.165) is 34.1 Å². The molecule has 0 spiro atoms. The molecular formula is C48H36O2P2. The summed E-state index contributed by atoms with van der Waals surface area (Å²) in [6.07, 6.45) is 0. The first-order chi connectivity index (χ1) is 25.8. The van der Waals surface area contributed by atoms with Crippen LogP contribution in [0.25, 0.3) is 11.1 Å². The third-order valence-electron chi connectivity index (χ3n) is 8.74. The highest BCUT2D eigenvalue weighted by Crippen LogP contribution is 2.48. The molecule has 2 nitrogen and oxygen atoms in total. The number of hydrogen-bond acceptors (Lipinski definition) is 2. The fraction of sp³-hybridized carbons (Fsp3) is 0. The topological polar surface area (TPSA) is 18.5 Å². The molecule has 0 unspecified atom stereocenters. The molecule has 0 bridgehead atoms. The average molecular weight is 707 g/mol. The lowest BCUT2D eigenvalue weighted by Gasteiger charge is -2.29. The zero-order valence-corrected chi connectivity index (χ0v) is 30.3. The summed E-state index contributed by atoms with van der Waals surface area (Å²) in [6.45, 7) is 0. The van der Waals surface area contributed by atoms with E-state index in [1.807, 2.05) is 60.7 Å². The second-order valence-corrected chi connectivity index (χ2v) is 16.5. The summed E-state index contributed by atoms with van der Waals surface area (Å²) >= 11 is 0. The molecule has 8 aromatic rings. The smallest absolute Gasteiger partial charge is 0.136 e. The number of para-hydroxylation sites is 2. The van der Waals surface area contributed by atoms with Gasteiger partial charge in [-0.15, -0.1) is 0 Å². The van der Waals surface area contributed by atoms with Crippen LogP contribution >= 0.6 is 15.8 Å². The largest absolute Gasteiger partial charge is 0.457 e. The third-order valence-corrected chi connectivity index (χ3v) is 13.7. The molecule has 0 aliphatic carbocycles. The van der Waals surface area contributed by atoms with Gasteiger partial charge in [-0.3, -0.25) is 0 Å². The van der Waals surface area contributed by atoms with Crippen molar-refractivity contribution in [3.63, 3.8) is 0 Å². The van der Waals surface area contributed by atoms with E-state index in [2.05, 4.69) is 158 Å². The van der Waals surface area contributed by atoms with Crippen LogP contribution in [0.4, 0.5) is 0 Å². The highest BCUT2D eigenvalue weighted by molar-refractivity contribution is 7.80. The van der Waals surface area contributed by atoms with E-state index in [-0.39, 0.29) is 0 Å². The van der Waals surface area contributed by atoms with Crippen LogP contribution in [0.1, 0.15) is 0 Å². The molecule has 0 saturated heterocycles.